The highest BCUT2D eigenvalue weighted by Crippen LogP contribution is 2.17. The van der Waals surface area contributed by atoms with Gasteiger partial charge < -0.3 is 15.6 Å². The Kier molecular flexibility index (Phi) is 2.59. The van der Waals surface area contributed by atoms with Crippen molar-refractivity contribution in [2.24, 2.45) is 0 Å². The van der Waals surface area contributed by atoms with Crippen LogP contribution in [0.25, 0.3) is 0 Å². The third kappa shape index (κ3) is 1.99. The Balaban J connectivity index is 3.08. The highest BCUT2D eigenvalue weighted by atomic mass is 35.5. The van der Waals surface area contributed by atoms with Crippen molar-refractivity contribution in [1.82, 2.24) is 0 Å². The van der Waals surface area contributed by atoms with Gasteiger partial charge in [0.15, 0.2) is 5.54 Å². The first-order valence-electron chi connectivity index (χ1n) is 3.77. The maximum atomic E-state index is 10.7. The number of aliphatic carboxylic acids is 1. The van der Waals surface area contributed by atoms with Crippen LogP contribution in [-0.2, 0) is 10.3 Å². The molecule has 0 heterocycles. The van der Waals surface area contributed by atoms with Crippen LogP contribution in [0.15, 0.2) is 24.3 Å². The minimum Gasteiger partial charge on any atom is -0.543 e. The van der Waals surface area contributed by atoms with Crippen LogP contribution in [0.5, 0.6) is 0 Å². The monoisotopic (exact) mass is 199 g/mol. The molecule has 13 heavy (non-hydrogen) atoms. The van der Waals surface area contributed by atoms with Crippen LogP contribution in [0.3, 0.4) is 0 Å². The fourth-order valence-electron chi connectivity index (χ4n) is 0.936. The molecule has 1 rings (SSSR count). The SMILES string of the molecule is C[C@@]([NH3+])(C(=O)[O-])c1ccc(Cl)cc1. The van der Waals surface area contributed by atoms with Gasteiger partial charge in [-0.15, -0.1) is 0 Å². The van der Waals surface area contributed by atoms with E-state index in [-0.39, 0.29) is 0 Å². The van der Waals surface area contributed by atoms with Crippen molar-refractivity contribution in [2.75, 3.05) is 0 Å². The van der Waals surface area contributed by atoms with Crippen LogP contribution in [0.4, 0.5) is 0 Å². The average molecular weight is 200 g/mol. The topological polar surface area (TPSA) is 67.8 Å². The summed E-state index contributed by atoms with van der Waals surface area (Å²) >= 11 is 5.66. The molecule has 0 bridgehead atoms. The van der Waals surface area contributed by atoms with E-state index in [0.29, 0.717) is 10.6 Å². The molecule has 0 spiro atoms. The van der Waals surface area contributed by atoms with Crippen molar-refractivity contribution in [1.29, 1.82) is 0 Å². The molecule has 4 heteroatoms. The summed E-state index contributed by atoms with van der Waals surface area (Å²) in [5.41, 5.74) is 2.93. The Hall–Kier alpha value is -1.06. The number of hydrogen-bond donors (Lipinski definition) is 1. The molecule has 1 aromatic rings. The van der Waals surface area contributed by atoms with E-state index in [0.717, 1.165) is 0 Å². The average Bonchev–Trinajstić information content (AvgIpc) is 2.04. The first-order valence-corrected chi connectivity index (χ1v) is 4.15. The van der Waals surface area contributed by atoms with Crippen molar-refractivity contribution in [3.63, 3.8) is 0 Å². The summed E-state index contributed by atoms with van der Waals surface area (Å²) in [6, 6.07) is 6.52. The summed E-state index contributed by atoms with van der Waals surface area (Å²) in [7, 11) is 0. The molecule has 0 aliphatic carbocycles. The zero-order valence-corrected chi connectivity index (χ0v) is 7.97. The molecule has 0 aliphatic rings. The number of hydrogen-bond acceptors (Lipinski definition) is 2. The Bertz CT molecular complexity index is 319. The number of quaternary nitrogens is 1. The molecule has 0 aromatic heterocycles. The fourth-order valence-corrected chi connectivity index (χ4v) is 1.06. The number of benzene rings is 1. The smallest absolute Gasteiger partial charge is 0.157 e. The summed E-state index contributed by atoms with van der Waals surface area (Å²) in [6.07, 6.45) is 0. The number of carbonyl (C=O) groups is 1. The zero-order valence-electron chi connectivity index (χ0n) is 7.21. The van der Waals surface area contributed by atoms with Gasteiger partial charge >= 0.3 is 0 Å². The Morgan fingerprint density at radius 1 is 1.46 bits per heavy atom. The molecule has 0 radical (unpaired) electrons. The zero-order chi connectivity index (χ0) is 10.1. The number of halogens is 1. The lowest BCUT2D eigenvalue weighted by Crippen LogP contribution is -2.75. The van der Waals surface area contributed by atoms with Crippen molar-refractivity contribution in [3.8, 4) is 0 Å². The molecular formula is C9H10ClNO2. The van der Waals surface area contributed by atoms with Gasteiger partial charge in [-0.05, 0) is 12.1 Å². The Morgan fingerprint density at radius 3 is 2.31 bits per heavy atom. The predicted octanol–water partition coefficient (Wildman–Crippen LogP) is -0.453. The number of carbonyl (C=O) groups excluding carboxylic acids is 1. The largest absolute Gasteiger partial charge is 0.543 e. The van der Waals surface area contributed by atoms with Crippen LogP contribution >= 0.6 is 11.6 Å². The van der Waals surface area contributed by atoms with Crippen molar-refractivity contribution in [3.05, 3.63) is 34.9 Å². The Labute approximate surface area is 81.1 Å². The summed E-state index contributed by atoms with van der Waals surface area (Å²) in [6.45, 7) is 1.49. The van der Waals surface area contributed by atoms with Gasteiger partial charge in [-0.2, -0.15) is 0 Å². The predicted molar refractivity (Wildman–Crippen MR) is 46.7 cm³/mol. The summed E-state index contributed by atoms with van der Waals surface area (Å²) < 4.78 is 0. The molecule has 0 saturated heterocycles. The number of carboxylic acids is 1. The van der Waals surface area contributed by atoms with Crippen LogP contribution in [-0.4, -0.2) is 5.97 Å². The minimum atomic E-state index is -1.22. The third-order valence-corrected chi connectivity index (χ3v) is 2.18. The second-order valence-corrected chi connectivity index (χ2v) is 3.56. The quantitative estimate of drug-likeness (QED) is 0.701. The molecule has 0 fully saturated rings. The molecule has 70 valence electrons. The molecule has 0 aliphatic heterocycles. The molecule has 0 amide bonds. The molecular weight excluding hydrogens is 190 g/mol. The van der Waals surface area contributed by atoms with Crippen molar-refractivity contribution in [2.45, 2.75) is 12.5 Å². The second-order valence-electron chi connectivity index (χ2n) is 3.13. The molecule has 1 atom stereocenters. The number of carboxylic acid groups (broad SMARTS) is 1. The van der Waals surface area contributed by atoms with Gasteiger partial charge in [0, 0.05) is 17.5 Å². The van der Waals surface area contributed by atoms with Gasteiger partial charge in [-0.1, -0.05) is 23.7 Å². The lowest BCUT2D eigenvalue weighted by Gasteiger charge is -2.22. The summed E-state index contributed by atoms with van der Waals surface area (Å²) in [5.74, 6) is -1.20. The van der Waals surface area contributed by atoms with E-state index in [4.69, 9.17) is 11.6 Å². The molecule has 3 N–H and O–H groups in total. The molecule has 0 saturated carbocycles. The molecule has 0 unspecified atom stereocenters. The third-order valence-electron chi connectivity index (χ3n) is 1.93. The van der Waals surface area contributed by atoms with Gasteiger partial charge in [-0.3, -0.25) is 0 Å². The highest BCUT2D eigenvalue weighted by molar-refractivity contribution is 6.30. The van der Waals surface area contributed by atoms with E-state index < -0.39 is 11.5 Å². The Morgan fingerprint density at radius 2 is 1.92 bits per heavy atom. The maximum absolute atomic E-state index is 10.7. The van der Waals surface area contributed by atoms with Gasteiger partial charge in [0.05, 0.1) is 0 Å². The first kappa shape index (κ1) is 10.0. The summed E-state index contributed by atoms with van der Waals surface area (Å²) in [4.78, 5) is 10.7. The first-order chi connectivity index (χ1) is 5.94. The van der Waals surface area contributed by atoms with Gasteiger partial charge in [0.25, 0.3) is 0 Å². The van der Waals surface area contributed by atoms with Crippen LogP contribution in [0.2, 0.25) is 5.02 Å². The van der Waals surface area contributed by atoms with Gasteiger partial charge in [0.2, 0.25) is 0 Å². The van der Waals surface area contributed by atoms with E-state index in [1.54, 1.807) is 24.3 Å². The second kappa shape index (κ2) is 3.36. The van der Waals surface area contributed by atoms with E-state index in [2.05, 4.69) is 5.73 Å². The maximum Gasteiger partial charge on any atom is 0.157 e. The number of rotatable bonds is 2. The van der Waals surface area contributed by atoms with Gasteiger partial charge in [-0.25, -0.2) is 0 Å². The molecule has 3 nitrogen and oxygen atoms in total. The highest BCUT2D eigenvalue weighted by Gasteiger charge is 2.26. The van der Waals surface area contributed by atoms with Gasteiger partial charge in [0.1, 0.15) is 5.97 Å². The van der Waals surface area contributed by atoms with Crippen molar-refractivity contribution >= 4 is 17.6 Å². The lowest BCUT2D eigenvalue weighted by molar-refractivity contribution is -0.489. The fraction of sp³-hybridized carbons (Fsp3) is 0.222. The van der Waals surface area contributed by atoms with E-state index in [1.165, 1.54) is 6.92 Å². The van der Waals surface area contributed by atoms with E-state index in [1.807, 2.05) is 0 Å². The lowest BCUT2D eigenvalue weighted by atomic mass is 9.94. The van der Waals surface area contributed by atoms with Crippen LogP contribution in [0, 0.1) is 0 Å². The van der Waals surface area contributed by atoms with E-state index >= 15 is 0 Å². The minimum absolute atomic E-state index is 0.567. The normalized spacial score (nSPS) is 15.0. The summed E-state index contributed by atoms with van der Waals surface area (Å²) in [5, 5.41) is 11.3. The molecule has 1 aromatic carbocycles. The van der Waals surface area contributed by atoms with Crippen molar-refractivity contribution < 1.29 is 15.6 Å². The van der Waals surface area contributed by atoms with Crippen LogP contribution in [0.1, 0.15) is 12.5 Å². The van der Waals surface area contributed by atoms with E-state index in [9.17, 15) is 9.90 Å². The van der Waals surface area contributed by atoms with Crippen LogP contribution < -0.4 is 10.8 Å². The standard InChI is InChI=1S/C9H10ClNO2/c1-9(11,8(12)13)6-2-4-7(10)5-3-6/h2-5H,11H2,1H3,(H,12,13)/t9-/m0/s1.